The lowest BCUT2D eigenvalue weighted by atomic mass is 10.0. The minimum Gasteiger partial charge on any atom is -0.422 e. The van der Waals surface area contributed by atoms with Crippen molar-refractivity contribution < 1.29 is 8.81 Å². The van der Waals surface area contributed by atoms with Crippen molar-refractivity contribution in [1.29, 1.82) is 0 Å². The molecule has 3 fully saturated rings. The number of hydrogen-bond acceptors (Lipinski definition) is 5. The lowest BCUT2D eigenvalue weighted by Gasteiger charge is -2.33. The summed E-state index contributed by atoms with van der Waals surface area (Å²) < 4.78 is 21.6. The molecule has 1 aromatic carbocycles. The van der Waals surface area contributed by atoms with Crippen LogP contribution in [0.5, 0.6) is 0 Å². The Kier molecular flexibility index (Phi) is 4.14. The van der Waals surface area contributed by atoms with Crippen LogP contribution in [-0.4, -0.2) is 46.5 Å². The first-order valence-electron chi connectivity index (χ1n) is 10.8. The second kappa shape index (κ2) is 6.92. The third kappa shape index (κ3) is 3.11. The van der Waals surface area contributed by atoms with Crippen LogP contribution in [0.2, 0.25) is 0 Å². The Morgan fingerprint density at radius 3 is 2.74 bits per heavy atom. The Labute approximate surface area is 178 Å². The van der Waals surface area contributed by atoms with Crippen molar-refractivity contribution >= 4 is 22.3 Å². The van der Waals surface area contributed by atoms with Crippen LogP contribution < -0.4 is 10.5 Å². The molecule has 0 unspecified atom stereocenters. The summed E-state index contributed by atoms with van der Waals surface area (Å²) in [6.45, 7) is 6.20. The molecule has 6 heterocycles. The van der Waals surface area contributed by atoms with Gasteiger partial charge in [0.25, 0.3) is 0 Å². The van der Waals surface area contributed by atoms with Gasteiger partial charge in [-0.1, -0.05) is 0 Å². The average molecular weight is 418 g/mol. The summed E-state index contributed by atoms with van der Waals surface area (Å²) in [4.78, 5) is 22.1. The van der Waals surface area contributed by atoms with Gasteiger partial charge in [0.2, 0.25) is 0 Å². The zero-order valence-electron chi connectivity index (χ0n) is 17.3. The van der Waals surface area contributed by atoms with Crippen molar-refractivity contribution in [2.45, 2.75) is 25.8 Å². The molecular formula is C24H23FN4O2. The summed E-state index contributed by atoms with van der Waals surface area (Å²) in [6, 6.07) is 9.84. The van der Waals surface area contributed by atoms with Crippen LogP contribution in [0.4, 0.5) is 10.1 Å². The predicted octanol–water partition coefficient (Wildman–Crippen LogP) is 3.84. The van der Waals surface area contributed by atoms with Crippen molar-refractivity contribution in [3.8, 4) is 11.3 Å². The molecule has 0 radical (unpaired) electrons. The van der Waals surface area contributed by atoms with E-state index in [1.807, 2.05) is 19.1 Å². The summed E-state index contributed by atoms with van der Waals surface area (Å²) in [6.07, 6.45) is 5.80. The van der Waals surface area contributed by atoms with Crippen molar-refractivity contribution in [3.05, 3.63) is 64.5 Å². The fourth-order valence-corrected chi connectivity index (χ4v) is 5.00. The zero-order chi connectivity index (χ0) is 21.1. The van der Waals surface area contributed by atoms with E-state index in [-0.39, 0.29) is 5.65 Å². The molecule has 0 saturated carbocycles. The van der Waals surface area contributed by atoms with Crippen LogP contribution in [0.1, 0.15) is 18.4 Å². The number of aryl methyl sites for hydroxylation is 1. The van der Waals surface area contributed by atoms with Gasteiger partial charge >= 0.3 is 5.63 Å². The van der Waals surface area contributed by atoms with E-state index >= 15 is 0 Å². The molecular weight excluding hydrogens is 395 g/mol. The average Bonchev–Trinajstić information content (AvgIpc) is 2.95. The van der Waals surface area contributed by atoms with E-state index < -0.39 is 11.4 Å². The molecule has 0 amide bonds. The Bertz CT molecular complexity index is 1370. The largest absolute Gasteiger partial charge is 0.422 e. The number of aromatic nitrogens is 2. The Hall–Kier alpha value is -3.19. The number of halogens is 1. The molecule has 3 saturated heterocycles. The number of pyridine rings is 1. The quantitative estimate of drug-likeness (QED) is 0.463. The van der Waals surface area contributed by atoms with E-state index in [1.54, 1.807) is 22.9 Å². The van der Waals surface area contributed by atoms with E-state index in [9.17, 15) is 9.18 Å². The SMILES string of the molecule is Cc1cc(F)c2nc(-c3cc4ccc(N5CCN6CCC5CC6)cc4oc3=O)cn2c1. The minimum absolute atomic E-state index is 0.196. The summed E-state index contributed by atoms with van der Waals surface area (Å²) in [7, 11) is 0. The number of fused-ring (bicyclic) bond motifs is 6. The molecule has 6 nitrogen and oxygen atoms in total. The maximum absolute atomic E-state index is 14.3. The summed E-state index contributed by atoms with van der Waals surface area (Å²) in [5.41, 5.74) is 2.92. The van der Waals surface area contributed by atoms with Crippen LogP contribution in [-0.2, 0) is 0 Å². The van der Waals surface area contributed by atoms with Crippen molar-refractivity contribution in [1.82, 2.24) is 14.3 Å². The van der Waals surface area contributed by atoms with E-state index in [1.165, 1.54) is 18.9 Å². The fraction of sp³-hybridized carbons (Fsp3) is 0.333. The number of nitrogens with zero attached hydrogens (tertiary/aromatic N) is 4. The number of piperidine rings is 1. The molecule has 158 valence electrons. The predicted molar refractivity (Wildman–Crippen MR) is 118 cm³/mol. The van der Waals surface area contributed by atoms with Gasteiger partial charge in [-0.15, -0.1) is 0 Å². The first-order valence-corrected chi connectivity index (χ1v) is 10.8. The maximum atomic E-state index is 14.3. The van der Waals surface area contributed by atoms with E-state index in [4.69, 9.17) is 4.42 Å². The lowest BCUT2D eigenvalue weighted by molar-refractivity contribution is 0.250. The standard InChI is InChI=1S/C24H23FN4O2/c1-15-10-20(25)23-26-21(14-28(23)13-15)19-11-16-2-3-18(12-22(16)31-24(19)30)29-9-8-27-6-4-17(29)5-7-27/h2-3,10-14,17H,4-9H2,1H3. The van der Waals surface area contributed by atoms with Gasteiger partial charge < -0.3 is 18.6 Å². The van der Waals surface area contributed by atoms with Gasteiger partial charge in [0.1, 0.15) is 5.58 Å². The lowest BCUT2D eigenvalue weighted by Crippen LogP contribution is -2.37. The highest BCUT2D eigenvalue weighted by atomic mass is 19.1. The van der Waals surface area contributed by atoms with Gasteiger partial charge in [-0.3, -0.25) is 0 Å². The Morgan fingerprint density at radius 1 is 1.06 bits per heavy atom. The first-order chi connectivity index (χ1) is 15.0. The van der Waals surface area contributed by atoms with Crippen LogP contribution in [0.15, 0.2) is 51.9 Å². The molecule has 2 bridgehead atoms. The smallest absolute Gasteiger partial charge is 0.345 e. The van der Waals surface area contributed by atoms with Crippen LogP contribution in [0.3, 0.4) is 0 Å². The fourth-order valence-electron chi connectivity index (χ4n) is 5.00. The summed E-state index contributed by atoms with van der Waals surface area (Å²) in [5.74, 6) is -0.413. The van der Waals surface area contributed by atoms with Crippen molar-refractivity contribution in [2.75, 3.05) is 31.1 Å². The topological polar surface area (TPSA) is 54.0 Å². The molecule has 3 aliphatic rings. The summed E-state index contributed by atoms with van der Waals surface area (Å²) >= 11 is 0. The number of rotatable bonds is 2. The maximum Gasteiger partial charge on any atom is 0.345 e. The van der Waals surface area contributed by atoms with E-state index in [2.05, 4.69) is 20.9 Å². The van der Waals surface area contributed by atoms with E-state index in [0.29, 0.717) is 22.9 Å². The highest BCUT2D eigenvalue weighted by molar-refractivity contribution is 5.84. The second-order valence-electron chi connectivity index (χ2n) is 8.66. The molecule has 0 N–H and O–H groups in total. The van der Waals surface area contributed by atoms with Gasteiger partial charge in [0, 0.05) is 61.8 Å². The molecule has 7 heteroatoms. The van der Waals surface area contributed by atoms with Gasteiger partial charge in [-0.05, 0) is 49.6 Å². The second-order valence-corrected chi connectivity index (χ2v) is 8.66. The van der Waals surface area contributed by atoms with Crippen LogP contribution in [0.25, 0.3) is 27.9 Å². The minimum atomic E-state index is -0.465. The van der Waals surface area contributed by atoms with Crippen molar-refractivity contribution in [2.24, 2.45) is 0 Å². The van der Waals surface area contributed by atoms with Gasteiger partial charge in [-0.2, -0.15) is 0 Å². The molecule has 3 aliphatic heterocycles. The van der Waals surface area contributed by atoms with Gasteiger partial charge in [-0.25, -0.2) is 14.2 Å². The third-order valence-electron chi connectivity index (χ3n) is 6.63. The molecule has 0 spiro atoms. The Balaban J connectivity index is 1.41. The molecule has 4 aromatic rings. The van der Waals surface area contributed by atoms with Crippen LogP contribution >= 0.6 is 0 Å². The molecule has 0 atom stereocenters. The zero-order valence-corrected chi connectivity index (χ0v) is 17.3. The number of hydrogen-bond donors (Lipinski definition) is 0. The normalized spacial score (nSPS) is 21.2. The first kappa shape index (κ1) is 18.6. The number of imidazole rings is 1. The highest BCUT2D eigenvalue weighted by Gasteiger charge is 2.29. The molecule has 3 aromatic heterocycles. The van der Waals surface area contributed by atoms with Crippen LogP contribution in [0, 0.1) is 12.7 Å². The third-order valence-corrected chi connectivity index (χ3v) is 6.63. The number of anilines is 1. The molecule has 7 rings (SSSR count). The van der Waals surface area contributed by atoms with Crippen molar-refractivity contribution in [3.63, 3.8) is 0 Å². The highest BCUT2D eigenvalue weighted by Crippen LogP contribution is 2.30. The molecule has 31 heavy (non-hydrogen) atoms. The van der Waals surface area contributed by atoms with E-state index in [0.717, 1.165) is 42.8 Å². The Morgan fingerprint density at radius 2 is 1.90 bits per heavy atom. The molecule has 0 aliphatic carbocycles. The van der Waals surface area contributed by atoms with Gasteiger partial charge in [0.05, 0.1) is 11.3 Å². The monoisotopic (exact) mass is 418 g/mol. The number of benzene rings is 1. The van der Waals surface area contributed by atoms with Gasteiger partial charge in [0.15, 0.2) is 11.5 Å². The summed E-state index contributed by atoms with van der Waals surface area (Å²) in [5, 5.41) is 0.829.